The van der Waals surface area contributed by atoms with Crippen molar-refractivity contribution in [2.75, 3.05) is 32.0 Å². The topological polar surface area (TPSA) is 73.4 Å². The van der Waals surface area contributed by atoms with Crippen LogP contribution >= 0.6 is 0 Å². The van der Waals surface area contributed by atoms with Crippen molar-refractivity contribution in [1.29, 1.82) is 0 Å². The number of nitrogen functional groups attached to an aromatic ring is 1. The molecule has 2 N–H and O–H groups in total. The number of ether oxygens (including phenoxy) is 1. The molecular formula is C21H20F2N4O2. The Morgan fingerprint density at radius 1 is 1.14 bits per heavy atom. The molecule has 0 radical (unpaired) electrons. The quantitative estimate of drug-likeness (QED) is 0.669. The molecule has 4 rings (SSSR count). The zero-order valence-electron chi connectivity index (χ0n) is 15.6. The Balaban J connectivity index is 1.58. The number of rotatable bonds is 5. The molecule has 0 bridgehead atoms. The van der Waals surface area contributed by atoms with Gasteiger partial charge in [-0.15, -0.1) is 0 Å². The van der Waals surface area contributed by atoms with E-state index >= 15 is 0 Å². The molecule has 0 unspecified atom stereocenters. The number of carbonyl (C=O) groups excluding carboxylic acids is 1. The van der Waals surface area contributed by atoms with Crippen LogP contribution in [0.4, 0.5) is 14.6 Å². The summed E-state index contributed by atoms with van der Waals surface area (Å²) >= 11 is 0. The van der Waals surface area contributed by atoms with Crippen LogP contribution in [0.25, 0.3) is 5.69 Å². The molecule has 0 atom stereocenters. The van der Waals surface area contributed by atoms with Gasteiger partial charge < -0.3 is 10.5 Å². The second-order valence-corrected chi connectivity index (χ2v) is 6.87. The zero-order valence-corrected chi connectivity index (χ0v) is 15.6. The third kappa shape index (κ3) is 4.03. The number of morpholine rings is 1. The highest BCUT2D eigenvalue weighted by atomic mass is 19.1. The number of aromatic nitrogens is 2. The third-order valence-electron chi connectivity index (χ3n) is 4.89. The van der Waals surface area contributed by atoms with Gasteiger partial charge in [-0.3, -0.25) is 9.69 Å². The van der Waals surface area contributed by atoms with E-state index in [1.807, 2.05) is 18.2 Å². The molecule has 150 valence electrons. The Morgan fingerprint density at radius 2 is 1.93 bits per heavy atom. The highest BCUT2D eigenvalue weighted by Crippen LogP contribution is 2.23. The van der Waals surface area contributed by atoms with Gasteiger partial charge in [0.15, 0.2) is 11.6 Å². The molecule has 1 fully saturated rings. The van der Waals surface area contributed by atoms with Crippen LogP contribution in [0.5, 0.6) is 0 Å². The van der Waals surface area contributed by atoms with Crippen molar-refractivity contribution in [1.82, 2.24) is 14.7 Å². The minimum atomic E-state index is -0.814. The van der Waals surface area contributed by atoms with Gasteiger partial charge in [-0.1, -0.05) is 18.2 Å². The molecule has 29 heavy (non-hydrogen) atoms. The van der Waals surface area contributed by atoms with Gasteiger partial charge in [-0.2, -0.15) is 5.10 Å². The number of carbonyl (C=O) groups is 1. The number of halogens is 2. The van der Waals surface area contributed by atoms with Gasteiger partial charge in [0.2, 0.25) is 0 Å². The summed E-state index contributed by atoms with van der Waals surface area (Å²) in [6, 6.07) is 10.4. The molecule has 1 aliphatic heterocycles. The van der Waals surface area contributed by atoms with Crippen LogP contribution in [-0.2, 0) is 11.3 Å². The minimum absolute atomic E-state index is 0.000842. The van der Waals surface area contributed by atoms with Crippen molar-refractivity contribution < 1.29 is 18.3 Å². The molecule has 3 aromatic rings. The van der Waals surface area contributed by atoms with Crippen molar-refractivity contribution in [3.63, 3.8) is 0 Å². The molecule has 0 spiro atoms. The summed E-state index contributed by atoms with van der Waals surface area (Å²) in [7, 11) is 0. The fourth-order valence-corrected chi connectivity index (χ4v) is 3.36. The third-order valence-corrected chi connectivity index (χ3v) is 4.89. The summed E-state index contributed by atoms with van der Waals surface area (Å²) in [4.78, 5) is 15.2. The fraction of sp³-hybridized carbons (Fsp3) is 0.238. The van der Waals surface area contributed by atoms with Gasteiger partial charge in [-0.05, 0) is 23.8 Å². The standard InChI is InChI=1S/C21H20F2N4O2/c22-16-4-5-19(18(23)11-16)27-21(24)17(12-25-27)20(28)15-3-1-2-14(10-15)13-26-6-8-29-9-7-26/h1-5,10-12H,6-9,13,24H2. The second kappa shape index (κ2) is 8.10. The summed E-state index contributed by atoms with van der Waals surface area (Å²) in [5, 5.41) is 4.03. The Labute approximate surface area is 166 Å². The van der Waals surface area contributed by atoms with Crippen molar-refractivity contribution in [3.05, 3.63) is 77.0 Å². The summed E-state index contributed by atoms with van der Waals surface area (Å²) in [5.41, 5.74) is 7.69. The van der Waals surface area contributed by atoms with Gasteiger partial charge in [0.05, 0.1) is 25.0 Å². The van der Waals surface area contributed by atoms with Crippen LogP contribution in [0.15, 0.2) is 48.7 Å². The molecule has 0 saturated carbocycles. The van der Waals surface area contributed by atoms with Gasteiger partial charge in [0.1, 0.15) is 17.3 Å². The lowest BCUT2D eigenvalue weighted by molar-refractivity contribution is 0.0342. The smallest absolute Gasteiger partial charge is 0.198 e. The fourth-order valence-electron chi connectivity index (χ4n) is 3.36. The molecule has 1 aliphatic rings. The van der Waals surface area contributed by atoms with Gasteiger partial charge in [-0.25, -0.2) is 13.5 Å². The molecule has 1 saturated heterocycles. The van der Waals surface area contributed by atoms with Crippen LogP contribution in [0.1, 0.15) is 21.5 Å². The minimum Gasteiger partial charge on any atom is -0.383 e. The number of ketones is 1. The van der Waals surface area contributed by atoms with E-state index in [2.05, 4.69) is 10.00 Å². The van der Waals surface area contributed by atoms with E-state index in [0.717, 1.165) is 42.0 Å². The van der Waals surface area contributed by atoms with Gasteiger partial charge >= 0.3 is 0 Å². The maximum absolute atomic E-state index is 14.1. The first-order chi connectivity index (χ1) is 14.0. The maximum atomic E-state index is 14.1. The molecule has 8 heteroatoms. The Morgan fingerprint density at radius 3 is 2.69 bits per heavy atom. The molecule has 1 aromatic heterocycles. The first kappa shape index (κ1) is 19.2. The highest BCUT2D eigenvalue weighted by Gasteiger charge is 2.20. The number of hydrogen-bond acceptors (Lipinski definition) is 5. The van der Waals surface area contributed by atoms with Gasteiger partial charge in [0.25, 0.3) is 0 Å². The molecule has 0 aliphatic carbocycles. The van der Waals surface area contributed by atoms with Crippen LogP contribution in [0.3, 0.4) is 0 Å². The van der Waals surface area contributed by atoms with E-state index in [9.17, 15) is 13.6 Å². The number of benzene rings is 2. The van der Waals surface area contributed by atoms with Crippen molar-refractivity contribution in [3.8, 4) is 5.69 Å². The number of nitrogens with zero attached hydrogens (tertiary/aromatic N) is 3. The lowest BCUT2D eigenvalue weighted by Crippen LogP contribution is -2.35. The molecule has 0 amide bonds. The average molecular weight is 398 g/mol. The number of nitrogens with two attached hydrogens (primary N) is 1. The van der Waals surface area contributed by atoms with Crippen LogP contribution in [0, 0.1) is 11.6 Å². The van der Waals surface area contributed by atoms with Crippen molar-refractivity contribution in [2.45, 2.75) is 6.54 Å². The Kier molecular flexibility index (Phi) is 5.37. The molecule has 2 heterocycles. The lowest BCUT2D eigenvalue weighted by atomic mass is 10.0. The summed E-state index contributed by atoms with van der Waals surface area (Å²) in [6.07, 6.45) is 1.30. The Hall–Kier alpha value is -3.10. The van der Waals surface area contributed by atoms with E-state index < -0.39 is 11.6 Å². The first-order valence-corrected chi connectivity index (χ1v) is 9.25. The number of hydrogen-bond donors (Lipinski definition) is 1. The largest absolute Gasteiger partial charge is 0.383 e. The summed E-state index contributed by atoms with van der Waals surface area (Å²) in [6.45, 7) is 3.82. The zero-order chi connectivity index (χ0) is 20.4. The van der Waals surface area contributed by atoms with Crippen LogP contribution < -0.4 is 5.73 Å². The molecular weight excluding hydrogens is 378 g/mol. The van der Waals surface area contributed by atoms with Gasteiger partial charge in [0, 0.05) is 31.3 Å². The monoisotopic (exact) mass is 398 g/mol. The number of anilines is 1. The predicted molar refractivity (Wildman–Crippen MR) is 104 cm³/mol. The summed E-state index contributed by atoms with van der Waals surface area (Å²) in [5.74, 6) is -1.82. The van der Waals surface area contributed by atoms with E-state index in [1.165, 1.54) is 12.3 Å². The predicted octanol–water partition coefficient (Wildman–Crippen LogP) is 2.80. The second-order valence-electron chi connectivity index (χ2n) is 6.87. The first-order valence-electron chi connectivity index (χ1n) is 9.25. The van der Waals surface area contributed by atoms with Crippen molar-refractivity contribution in [2.24, 2.45) is 0 Å². The normalized spacial score (nSPS) is 14.8. The van der Waals surface area contributed by atoms with E-state index in [-0.39, 0.29) is 22.9 Å². The van der Waals surface area contributed by atoms with Crippen LogP contribution in [-0.4, -0.2) is 46.8 Å². The van der Waals surface area contributed by atoms with Crippen molar-refractivity contribution >= 4 is 11.6 Å². The SMILES string of the molecule is Nc1c(C(=O)c2cccc(CN3CCOCC3)c2)cnn1-c1ccc(F)cc1F. The maximum Gasteiger partial charge on any atom is 0.198 e. The summed E-state index contributed by atoms with van der Waals surface area (Å²) < 4.78 is 33.7. The van der Waals surface area contributed by atoms with E-state index in [1.54, 1.807) is 6.07 Å². The van der Waals surface area contributed by atoms with E-state index in [0.29, 0.717) is 18.8 Å². The Bertz CT molecular complexity index is 1040. The van der Waals surface area contributed by atoms with E-state index in [4.69, 9.17) is 10.5 Å². The van der Waals surface area contributed by atoms with Crippen LogP contribution in [0.2, 0.25) is 0 Å². The average Bonchev–Trinajstić information content (AvgIpc) is 3.09. The lowest BCUT2D eigenvalue weighted by Gasteiger charge is -2.26. The molecule has 2 aromatic carbocycles. The highest BCUT2D eigenvalue weighted by molar-refractivity contribution is 6.11. The molecule has 6 nitrogen and oxygen atoms in total.